The quantitative estimate of drug-likeness (QED) is 0.800. The second-order valence-corrected chi connectivity index (χ2v) is 7.79. The number of rotatable bonds is 5. The van der Waals surface area contributed by atoms with Crippen molar-refractivity contribution < 1.29 is 5.11 Å². The third-order valence-electron chi connectivity index (χ3n) is 5.30. The highest BCUT2D eigenvalue weighted by atomic mass is 32.2. The van der Waals surface area contributed by atoms with Crippen molar-refractivity contribution in [3.63, 3.8) is 0 Å². The highest BCUT2D eigenvalue weighted by molar-refractivity contribution is 7.98. The Labute approximate surface area is 159 Å². The average Bonchev–Trinajstić information content (AvgIpc) is 2.66. The summed E-state index contributed by atoms with van der Waals surface area (Å²) in [5.41, 5.74) is 2.31. The number of aryl methyl sites for hydroxylation is 1. The van der Waals surface area contributed by atoms with Gasteiger partial charge in [0.1, 0.15) is 5.75 Å². The van der Waals surface area contributed by atoms with E-state index in [1.54, 1.807) is 22.4 Å². The minimum Gasteiger partial charge on any atom is -0.507 e. The SMILES string of the molecule is CCn1c(C)cc(O)c(C(c2ccc(SC)cc2)N2CCCCC2)c1=O. The molecule has 5 heteroatoms. The summed E-state index contributed by atoms with van der Waals surface area (Å²) in [5, 5.41) is 10.7. The second-order valence-electron chi connectivity index (χ2n) is 6.91. The van der Waals surface area contributed by atoms with Gasteiger partial charge in [0, 0.05) is 17.1 Å². The molecular weight excluding hydrogens is 344 g/mol. The molecule has 2 heterocycles. The van der Waals surface area contributed by atoms with Crippen LogP contribution in [0.2, 0.25) is 0 Å². The van der Waals surface area contributed by atoms with Crippen molar-refractivity contribution >= 4 is 11.8 Å². The number of pyridine rings is 1. The standard InChI is InChI=1S/C21H28N2O2S/c1-4-23-15(2)14-18(24)19(21(23)25)20(22-12-6-5-7-13-22)16-8-10-17(26-3)11-9-16/h8-11,14,20,24H,4-7,12-13H2,1-3H3. The van der Waals surface area contributed by atoms with Gasteiger partial charge in [0.25, 0.3) is 5.56 Å². The largest absolute Gasteiger partial charge is 0.507 e. The number of aromatic hydroxyl groups is 1. The Morgan fingerprint density at radius 3 is 2.38 bits per heavy atom. The maximum Gasteiger partial charge on any atom is 0.259 e. The first-order valence-electron chi connectivity index (χ1n) is 9.38. The molecule has 0 radical (unpaired) electrons. The Morgan fingerprint density at radius 1 is 1.15 bits per heavy atom. The predicted molar refractivity (Wildman–Crippen MR) is 108 cm³/mol. The lowest BCUT2D eigenvalue weighted by Crippen LogP contribution is -2.38. The van der Waals surface area contributed by atoms with Crippen LogP contribution in [0.25, 0.3) is 0 Å². The van der Waals surface area contributed by atoms with Gasteiger partial charge in [0.2, 0.25) is 0 Å². The Balaban J connectivity index is 2.16. The lowest BCUT2D eigenvalue weighted by Gasteiger charge is -2.35. The van der Waals surface area contributed by atoms with Crippen LogP contribution < -0.4 is 5.56 Å². The molecule has 0 spiro atoms. The van der Waals surface area contributed by atoms with E-state index in [0.717, 1.165) is 37.2 Å². The Bertz CT molecular complexity index is 808. The third kappa shape index (κ3) is 3.69. The van der Waals surface area contributed by atoms with Crippen molar-refractivity contribution in [3.8, 4) is 5.75 Å². The van der Waals surface area contributed by atoms with E-state index in [9.17, 15) is 9.90 Å². The molecular formula is C21H28N2O2S. The zero-order valence-corrected chi connectivity index (χ0v) is 16.7. The summed E-state index contributed by atoms with van der Waals surface area (Å²) in [7, 11) is 0. The molecule has 0 amide bonds. The van der Waals surface area contributed by atoms with Crippen LogP contribution in [0.1, 0.15) is 49.0 Å². The molecule has 26 heavy (non-hydrogen) atoms. The minimum absolute atomic E-state index is 0.0745. The van der Waals surface area contributed by atoms with Crippen molar-refractivity contribution in [2.24, 2.45) is 0 Å². The van der Waals surface area contributed by atoms with E-state index in [2.05, 4.69) is 35.4 Å². The van der Waals surface area contributed by atoms with Gasteiger partial charge in [-0.2, -0.15) is 0 Å². The fraction of sp³-hybridized carbons (Fsp3) is 0.476. The summed E-state index contributed by atoms with van der Waals surface area (Å²) in [4.78, 5) is 16.7. The van der Waals surface area contributed by atoms with Gasteiger partial charge < -0.3 is 9.67 Å². The topological polar surface area (TPSA) is 45.5 Å². The zero-order valence-electron chi connectivity index (χ0n) is 15.9. The van der Waals surface area contributed by atoms with Gasteiger partial charge in [-0.05, 0) is 69.8 Å². The summed E-state index contributed by atoms with van der Waals surface area (Å²) in [5.74, 6) is 0.113. The fourth-order valence-electron chi connectivity index (χ4n) is 3.94. The van der Waals surface area contributed by atoms with Crippen LogP contribution in [-0.2, 0) is 6.54 Å². The number of hydrogen-bond acceptors (Lipinski definition) is 4. The Morgan fingerprint density at radius 2 is 1.81 bits per heavy atom. The molecule has 0 bridgehead atoms. The van der Waals surface area contributed by atoms with Gasteiger partial charge in [-0.1, -0.05) is 18.6 Å². The van der Waals surface area contributed by atoms with Crippen LogP contribution in [0.15, 0.2) is 40.0 Å². The van der Waals surface area contributed by atoms with Gasteiger partial charge in [-0.3, -0.25) is 9.69 Å². The van der Waals surface area contributed by atoms with Crippen LogP contribution in [-0.4, -0.2) is 33.9 Å². The number of benzene rings is 1. The van der Waals surface area contributed by atoms with Crippen molar-refractivity contribution in [1.29, 1.82) is 0 Å². The molecule has 0 saturated carbocycles. The van der Waals surface area contributed by atoms with Crippen molar-refractivity contribution in [2.45, 2.75) is 50.6 Å². The van der Waals surface area contributed by atoms with E-state index in [1.165, 1.54) is 11.3 Å². The second kappa shape index (κ2) is 8.31. The first kappa shape index (κ1) is 19.1. The number of aromatic nitrogens is 1. The molecule has 140 valence electrons. The van der Waals surface area contributed by atoms with E-state index in [-0.39, 0.29) is 17.4 Å². The monoisotopic (exact) mass is 372 g/mol. The molecule has 0 aliphatic carbocycles. The summed E-state index contributed by atoms with van der Waals surface area (Å²) in [6.07, 6.45) is 5.55. The van der Waals surface area contributed by atoms with Gasteiger partial charge in [0.05, 0.1) is 11.6 Å². The number of piperidine rings is 1. The van der Waals surface area contributed by atoms with Crippen LogP contribution in [0.4, 0.5) is 0 Å². The van der Waals surface area contributed by atoms with E-state index < -0.39 is 0 Å². The number of nitrogens with zero attached hydrogens (tertiary/aromatic N) is 2. The molecule has 3 rings (SSSR count). The molecule has 1 aliphatic rings. The van der Waals surface area contributed by atoms with Gasteiger partial charge in [0.15, 0.2) is 0 Å². The average molecular weight is 373 g/mol. The van der Waals surface area contributed by atoms with Gasteiger partial charge in [-0.15, -0.1) is 11.8 Å². The minimum atomic E-state index is -0.197. The molecule has 1 saturated heterocycles. The van der Waals surface area contributed by atoms with Crippen LogP contribution in [0.3, 0.4) is 0 Å². The Hall–Kier alpha value is -1.72. The van der Waals surface area contributed by atoms with Crippen LogP contribution >= 0.6 is 11.8 Å². The molecule has 4 nitrogen and oxygen atoms in total. The van der Waals surface area contributed by atoms with Crippen LogP contribution in [0, 0.1) is 6.92 Å². The van der Waals surface area contributed by atoms with E-state index in [4.69, 9.17) is 0 Å². The van der Waals surface area contributed by atoms with Crippen molar-refractivity contribution in [1.82, 2.24) is 9.47 Å². The fourth-order valence-corrected chi connectivity index (χ4v) is 4.35. The number of likely N-dealkylation sites (tertiary alicyclic amines) is 1. The molecule has 2 aromatic rings. The molecule has 1 aliphatic heterocycles. The zero-order chi connectivity index (χ0) is 18.7. The van der Waals surface area contributed by atoms with E-state index >= 15 is 0 Å². The van der Waals surface area contributed by atoms with Crippen molar-refractivity contribution in [3.05, 3.63) is 57.5 Å². The van der Waals surface area contributed by atoms with Gasteiger partial charge in [-0.25, -0.2) is 0 Å². The lowest BCUT2D eigenvalue weighted by atomic mass is 9.94. The van der Waals surface area contributed by atoms with Crippen molar-refractivity contribution in [2.75, 3.05) is 19.3 Å². The first-order valence-corrected chi connectivity index (χ1v) is 10.6. The molecule has 1 atom stereocenters. The highest BCUT2D eigenvalue weighted by Gasteiger charge is 2.29. The maximum atomic E-state index is 13.2. The molecule has 1 unspecified atom stereocenters. The summed E-state index contributed by atoms with van der Waals surface area (Å²) in [6.45, 7) is 6.35. The molecule has 1 N–H and O–H groups in total. The summed E-state index contributed by atoms with van der Waals surface area (Å²) < 4.78 is 1.75. The lowest BCUT2D eigenvalue weighted by molar-refractivity contribution is 0.183. The maximum absolute atomic E-state index is 13.2. The summed E-state index contributed by atoms with van der Waals surface area (Å²) in [6, 6.07) is 9.92. The third-order valence-corrected chi connectivity index (χ3v) is 6.04. The van der Waals surface area contributed by atoms with Gasteiger partial charge >= 0.3 is 0 Å². The number of thioether (sulfide) groups is 1. The molecule has 1 fully saturated rings. The normalized spacial score (nSPS) is 16.6. The smallest absolute Gasteiger partial charge is 0.259 e. The highest BCUT2D eigenvalue weighted by Crippen LogP contribution is 2.35. The summed E-state index contributed by atoms with van der Waals surface area (Å²) >= 11 is 1.71. The molecule has 1 aromatic heterocycles. The Kier molecular flexibility index (Phi) is 6.09. The molecule has 1 aromatic carbocycles. The first-order chi connectivity index (χ1) is 12.6. The van der Waals surface area contributed by atoms with Crippen LogP contribution in [0.5, 0.6) is 5.75 Å². The van der Waals surface area contributed by atoms with E-state index in [0.29, 0.717) is 12.1 Å². The predicted octanol–water partition coefficient (Wildman–Crippen LogP) is 4.18. The van der Waals surface area contributed by atoms with E-state index in [1.807, 2.05) is 13.8 Å². The number of hydrogen-bond donors (Lipinski definition) is 1.